The second-order valence-corrected chi connectivity index (χ2v) is 6.46. The normalized spacial score (nSPS) is 18.0. The maximum atomic E-state index is 12.5. The number of carbonyl (C=O) groups is 1. The molecule has 0 saturated carbocycles. The van der Waals surface area contributed by atoms with Gasteiger partial charge in [0.15, 0.2) is 0 Å². The van der Waals surface area contributed by atoms with Crippen molar-refractivity contribution in [3.8, 4) is 5.75 Å². The van der Waals surface area contributed by atoms with Crippen LogP contribution in [0.5, 0.6) is 5.75 Å². The van der Waals surface area contributed by atoms with E-state index in [1.807, 2.05) is 29.2 Å². The van der Waals surface area contributed by atoms with Gasteiger partial charge in [0.2, 0.25) is 5.91 Å². The average molecular weight is 341 g/mol. The molecule has 0 aromatic heterocycles. The molecule has 1 aliphatic heterocycles. The van der Waals surface area contributed by atoms with Gasteiger partial charge in [0.1, 0.15) is 5.75 Å². The summed E-state index contributed by atoms with van der Waals surface area (Å²) in [7, 11) is 1.66. The van der Waals surface area contributed by atoms with Crippen molar-refractivity contribution in [2.75, 3.05) is 20.2 Å². The third-order valence-electron chi connectivity index (χ3n) is 4.80. The van der Waals surface area contributed by atoms with Crippen LogP contribution < -0.4 is 10.5 Å². The summed E-state index contributed by atoms with van der Waals surface area (Å²) in [5.74, 6) is 1.89. The lowest BCUT2D eigenvalue weighted by Gasteiger charge is -2.34. The van der Waals surface area contributed by atoms with Crippen molar-refractivity contribution in [3.05, 3.63) is 29.8 Å². The second-order valence-electron chi connectivity index (χ2n) is 6.46. The first kappa shape index (κ1) is 19.8. The minimum Gasteiger partial charge on any atom is -0.497 e. The molecule has 0 spiro atoms. The summed E-state index contributed by atoms with van der Waals surface area (Å²) in [4.78, 5) is 14.5. The summed E-state index contributed by atoms with van der Waals surface area (Å²) in [6.07, 6.45) is 2.62. The maximum absolute atomic E-state index is 12.5. The molecule has 23 heavy (non-hydrogen) atoms. The van der Waals surface area contributed by atoms with Crippen molar-refractivity contribution in [1.82, 2.24) is 4.90 Å². The zero-order chi connectivity index (χ0) is 16.1. The number of hydrogen-bond donors (Lipinski definition) is 1. The number of amides is 1. The van der Waals surface area contributed by atoms with Gasteiger partial charge in [-0.25, -0.2) is 0 Å². The molecule has 2 rings (SSSR count). The number of likely N-dealkylation sites (tertiary alicyclic amines) is 1. The van der Waals surface area contributed by atoms with Crippen molar-refractivity contribution < 1.29 is 9.53 Å². The van der Waals surface area contributed by atoms with Crippen LogP contribution in [-0.4, -0.2) is 37.0 Å². The van der Waals surface area contributed by atoms with Gasteiger partial charge in [-0.2, -0.15) is 0 Å². The lowest BCUT2D eigenvalue weighted by Crippen LogP contribution is -2.42. The predicted molar refractivity (Wildman–Crippen MR) is 96.2 cm³/mol. The monoisotopic (exact) mass is 340 g/mol. The van der Waals surface area contributed by atoms with E-state index in [4.69, 9.17) is 10.5 Å². The molecule has 1 amide bonds. The Kier molecular flexibility index (Phi) is 7.86. The molecule has 4 nitrogen and oxygen atoms in total. The topological polar surface area (TPSA) is 55.6 Å². The van der Waals surface area contributed by atoms with E-state index in [9.17, 15) is 4.79 Å². The van der Waals surface area contributed by atoms with E-state index in [1.54, 1.807) is 7.11 Å². The van der Waals surface area contributed by atoms with Crippen LogP contribution in [-0.2, 0) is 4.79 Å². The minimum atomic E-state index is 0. The average Bonchev–Trinajstić information content (AvgIpc) is 2.54. The van der Waals surface area contributed by atoms with Gasteiger partial charge in [-0.3, -0.25) is 4.79 Å². The zero-order valence-corrected chi connectivity index (χ0v) is 15.1. The van der Waals surface area contributed by atoms with Crippen molar-refractivity contribution >= 4 is 18.3 Å². The molecule has 2 N–H and O–H groups in total. The summed E-state index contributed by atoms with van der Waals surface area (Å²) < 4.78 is 5.17. The fourth-order valence-corrected chi connectivity index (χ4v) is 3.12. The molecule has 1 aliphatic rings. The molecular weight excluding hydrogens is 312 g/mol. The standard InChI is InChI=1S/C18H28N2O2.ClH/c1-13(15-4-6-17(22-3)7-5-15)12-18(21)20-10-8-16(9-11-20)14(2)19;/h4-7,13-14,16H,8-12,19H2,1-3H3;1H. The second kappa shape index (κ2) is 9.14. The molecule has 1 aromatic carbocycles. The molecular formula is C18H29ClN2O2. The third kappa shape index (κ3) is 5.40. The molecule has 2 unspecified atom stereocenters. The highest BCUT2D eigenvalue weighted by molar-refractivity contribution is 5.85. The summed E-state index contributed by atoms with van der Waals surface area (Å²) in [6, 6.07) is 8.21. The van der Waals surface area contributed by atoms with Crippen LogP contribution in [0, 0.1) is 5.92 Å². The number of carbonyl (C=O) groups excluding carboxylic acids is 1. The molecule has 130 valence electrons. The first-order chi connectivity index (χ1) is 10.5. The number of nitrogens with zero attached hydrogens (tertiary/aromatic N) is 1. The number of piperidine rings is 1. The molecule has 0 bridgehead atoms. The van der Waals surface area contributed by atoms with Gasteiger partial charge in [0.25, 0.3) is 0 Å². The number of methoxy groups -OCH3 is 1. The molecule has 1 aromatic rings. The van der Waals surface area contributed by atoms with Crippen LogP contribution in [0.3, 0.4) is 0 Å². The number of hydrogen-bond acceptors (Lipinski definition) is 3. The number of ether oxygens (including phenoxy) is 1. The van der Waals surface area contributed by atoms with E-state index in [2.05, 4.69) is 13.8 Å². The SMILES string of the molecule is COc1ccc(C(C)CC(=O)N2CCC(C(C)N)CC2)cc1.Cl. The Balaban J connectivity index is 0.00000264. The van der Waals surface area contributed by atoms with Crippen molar-refractivity contribution in [2.45, 2.75) is 45.1 Å². The Bertz CT molecular complexity index is 482. The number of nitrogens with two attached hydrogens (primary N) is 1. The Morgan fingerprint density at radius 2 is 1.83 bits per heavy atom. The van der Waals surface area contributed by atoms with Crippen molar-refractivity contribution in [1.29, 1.82) is 0 Å². The number of rotatable bonds is 5. The number of benzene rings is 1. The Morgan fingerprint density at radius 1 is 1.26 bits per heavy atom. The Morgan fingerprint density at radius 3 is 2.30 bits per heavy atom. The van der Waals surface area contributed by atoms with Gasteiger partial charge in [0, 0.05) is 25.6 Å². The highest BCUT2D eigenvalue weighted by Crippen LogP contribution is 2.25. The lowest BCUT2D eigenvalue weighted by atomic mass is 9.90. The summed E-state index contributed by atoms with van der Waals surface area (Å²) in [6.45, 7) is 5.86. The quantitative estimate of drug-likeness (QED) is 0.895. The first-order valence-electron chi connectivity index (χ1n) is 8.18. The van der Waals surface area contributed by atoms with Crippen LogP contribution in [0.2, 0.25) is 0 Å². The molecule has 1 saturated heterocycles. The summed E-state index contributed by atoms with van der Waals surface area (Å²) in [5.41, 5.74) is 7.14. The van der Waals surface area contributed by atoms with Gasteiger partial charge in [-0.1, -0.05) is 19.1 Å². The van der Waals surface area contributed by atoms with E-state index >= 15 is 0 Å². The Labute approximate surface area is 145 Å². The summed E-state index contributed by atoms with van der Waals surface area (Å²) in [5, 5.41) is 0. The molecule has 1 heterocycles. The van der Waals surface area contributed by atoms with E-state index in [-0.39, 0.29) is 30.3 Å². The van der Waals surface area contributed by atoms with Gasteiger partial charge < -0.3 is 15.4 Å². The molecule has 0 aliphatic carbocycles. The van der Waals surface area contributed by atoms with E-state index in [0.717, 1.165) is 31.7 Å². The van der Waals surface area contributed by atoms with Crippen LogP contribution >= 0.6 is 12.4 Å². The van der Waals surface area contributed by atoms with E-state index in [0.29, 0.717) is 12.3 Å². The van der Waals surface area contributed by atoms with Gasteiger partial charge in [-0.15, -0.1) is 12.4 Å². The Hall–Kier alpha value is -1.26. The molecule has 0 radical (unpaired) electrons. The van der Waals surface area contributed by atoms with Gasteiger partial charge in [0.05, 0.1) is 7.11 Å². The van der Waals surface area contributed by atoms with Crippen molar-refractivity contribution in [3.63, 3.8) is 0 Å². The number of halogens is 1. The highest BCUT2D eigenvalue weighted by Gasteiger charge is 2.25. The van der Waals surface area contributed by atoms with E-state index < -0.39 is 0 Å². The molecule has 2 atom stereocenters. The highest BCUT2D eigenvalue weighted by atomic mass is 35.5. The van der Waals surface area contributed by atoms with Crippen LogP contribution in [0.4, 0.5) is 0 Å². The third-order valence-corrected chi connectivity index (χ3v) is 4.80. The summed E-state index contributed by atoms with van der Waals surface area (Å²) >= 11 is 0. The predicted octanol–water partition coefficient (Wildman–Crippen LogP) is 3.20. The van der Waals surface area contributed by atoms with Crippen LogP contribution in [0.25, 0.3) is 0 Å². The van der Waals surface area contributed by atoms with Gasteiger partial charge >= 0.3 is 0 Å². The smallest absolute Gasteiger partial charge is 0.223 e. The fraction of sp³-hybridized carbons (Fsp3) is 0.611. The van der Waals surface area contributed by atoms with E-state index in [1.165, 1.54) is 5.56 Å². The molecule has 1 fully saturated rings. The van der Waals surface area contributed by atoms with Crippen molar-refractivity contribution in [2.24, 2.45) is 11.7 Å². The first-order valence-corrected chi connectivity index (χ1v) is 8.18. The minimum absolute atomic E-state index is 0. The molecule has 5 heteroatoms. The van der Waals surface area contributed by atoms with Gasteiger partial charge in [-0.05, 0) is 49.3 Å². The maximum Gasteiger partial charge on any atom is 0.223 e. The fourth-order valence-electron chi connectivity index (χ4n) is 3.12. The van der Waals surface area contributed by atoms with Crippen LogP contribution in [0.1, 0.15) is 44.6 Å². The van der Waals surface area contributed by atoms with Crippen LogP contribution in [0.15, 0.2) is 24.3 Å². The largest absolute Gasteiger partial charge is 0.497 e. The lowest BCUT2D eigenvalue weighted by molar-refractivity contribution is -0.133. The zero-order valence-electron chi connectivity index (χ0n) is 14.3.